The lowest BCUT2D eigenvalue weighted by atomic mass is 10.00. The van der Waals surface area contributed by atoms with Crippen molar-refractivity contribution >= 4 is 5.91 Å². The number of nitrogens with one attached hydrogen (secondary N) is 1. The maximum Gasteiger partial charge on any atom is 0.223 e. The first-order valence-electron chi connectivity index (χ1n) is 5.95. The molecule has 0 aromatic rings. The van der Waals surface area contributed by atoms with Crippen LogP contribution >= 0.6 is 0 Å². The van der Waals surface area contributed by atoms with Gasteiger partial charge in [0.15, 0.2) is 0 Å². The molecule has 0 aliphatic carbocycles. The van der Waals surface area contributed by atoms with Gasteiger partial charge in [0, 0.05) is 39.2 Å². The van der Waals surface area contributed by atoms with Crippen LogP contribution in [0.1, 0.15) is 33.6 Å². The molecule has 2 unspecified atom stereocenters. The average Bonchev–Trinajstić information content (AvgIpc) is 2.16. The Morgan fingerprint density at radius 2 is 1.88 bits per heavy atom. The smallest absolute Gasteiger partial charge is 0.223 e. The molecule has 0 aromatic carbocycles. The van der Waals surface area contributed by atoms with E-state index in [0.717, 1.165) is 6.42 Å². The van der Waals surface area contributed by atoms with Gasteiger partial charge < -0.3 is 15.3 Å². The summed E-state index contributed by atoms with van der Waals surface area (Å²) in [6.07, 6.45) is 1.24. The monoisotopic (exact) mass is 230 g/mol. The van der Waals surface area contributed by atoms with Crippen molar-refractivity contribution in [3.05, 3.63) is 0 Å². The van der Waals surface area contributed by atoms with Crippen LogP contribution in [0.15, 0.2) is 0 Å². The SMILES string of the molecule is CC(CC(=O)N(C)C)NC(CCO)C(C)C. The molecule has 2 atom stereocenters. The van der Waals surface area contributed by atoms with E-state index in [2.05, 4.69) is 19.2 Å². The number of amides is 1. The lowest BCUT2D eigenvalue weighted by molar-refractivity contribution is -0.129. The van der Waals surface area contributed by atoms with Crippen LogP contribution in [0, 0.1) is 5.92 Å². The summed E-state index contributed by atoms with van der Waals surface area (Å²) in [5.74, 6) is 0.593. The maximum absolute atomic E-state index is 11.5. The molecule has 0 saturated carbocycles. The average molecular weight is 230 g/mol. The molecule has 0 saturated heterocycles. The lowest BCUT2D eigenvalue weighted by Gasteiger charge is -2.26. The zero-order valence-electron chi connectivity index (χ0n) is 11.2. The molecule has 0 fully saturated rings. The molecule has 4 heteroatoms. The first kappa shape index (κ1) is 15.4. The van der Waals surface area contributed by atoms with Crippen LogP contribution in [0.3, 0.4) is 0 Å². The predicted octanol–water partition coefficient (Wildman–Crippen LogP) is 0.850. The number of aliphatic hydroxyl groups excluding tert-OH is 1. The Kier molecular flexibility index (Phi) is 7.34. The van der Waals surface area contributed by atoms with Crippen molar-refractivity contribution in [2.24, 2.45) is 5.92 Å². The van der Waals surface area contributed by atoms with Gasteiger partial charge in [0.1, 0.15) is 0 Å². The number of nitrogens with zero attached hydrogens (tertiary/aromatic N) is 1. The first-order valence-corrected chi connectivity index (χ1v) is 5.95. The molecule has 4 nitrogen and oxygen atoms in total. The van der Waals surface area contributed by atoms with Crippen molar-refractivity contribution in [3.8, 4) is 0 Å². The highest BCUT2D eigenvalue weighted by Crippen LogP contribution is 2.08. The van der Waals surface area contributed by atoms with Crippen LogP contribution < -0.4 is 5.32 Å². The number of aliphatic hydroxyl groups is 1. The van der Waals surface area contributed by atoms with Gasteiger partial charge >= 0.3 is 0 Å². The fraction of sp³-hybridized carbons (Fsp3) is 0.917. The van der Waals surface area contributed by atoms with E-state index in [0.29, 0.717) is 12.3 Å². The summed E-state index contributed by atoms with van der Waals surface area (Å²) >= 11 is 0. The second-order valence-electron chi connectivity index (χ2n) is 4.92. The molecule has 0 spiro atoms. The molecule has 0 bridgehead atoms. The molecule has 1 amide bonds. The number of hydrogen-bond acceptors (Lipinski definition) is 3. The topological polar surface area (TPSA) is 52.6 Å². The second kappa shape index (κ2) is 7.63. The van der Waals surface area contributed by atoms with Crippen LogP contribution in [0.4, 0.5) is 0 Å². The van der Waals surface area contributed by atoms with Crippen molar-refractivity contribution in [2.75, 3.05) is 20.7 Å². The summed E-state index contributed by atoms with van der Waals surface area (Å²) in [6, 6.07) is 0.420. The fourth-order valence-electron chi connectivity index (χ4n) is 1.62. The number of rotatable bonds is 7. The van der Waals surface area contributed by atoms with E-state index >= 15 is 0 Å². The van der Waals surface area contributed by atoms with Crippen LogP contribution in [0.25, 0.3) is 0 Å². The van der Waals surface area contributed by atoms with Gasteiger partial charge in [-0.15, -0.1) is 0 Å². The molecular formula is C12H26N2O2. The molecule has 16 heavy (non-hydrogen) atoms. The minimum atomic E-state index is 0.131. The van der Waals surface area contributed by atoms with E-state index < -0.39 is 0 Å². The summed E-state index contributed by atoms with van der Waals surface area (Å²) in [4.78, 5) is 13.1. The standard InChI is InChI=1S/C12H26N2O2/c1-9(2)11(6-7-15)13-10(3)8-12(16)14(4)5/h9-11,13,15H,6-8H2,1-5H3. The first-order chi connectivity index (χ1) is 7.38. The summed E-state index contributed by atoms with van der Waals surface area (Å²) in [7, 11) is 3.53. The van der Waals surface area contributed by atoms with Crippen LogP contribution in [0.2, 0.25) is 0 Å². The minimum Gasteiger partial charge on any atom is -0.396 e. The van der Waals surface area contributed by atoms with Gasteiger partial charge in [0.2, 0.25) is 5.91 Å². The second-order valence-corrected chi connectivity index (χ2v) is 4.92. The highest BCUT2D eigenvalue weighted by Gasteiger charge is 2.17. The Labute approximate surface area is 99.0 Å². The van der Waals surface area contributed by atoms with Gasteiger partial charge in [-0.2, -0.15) is 0 Å². The Morgan fingerprint density at radius 3 is 2.25 bits per heavy atom. The van der Waals surface area contributed by atoms with Crippen LogP contribution in [0.5, 0.6) is 0 Å². The van der Waals surface area contributed by atoms with Gasteiger partial charge in [-0.05, 0) is 19.3 Å². The van der Waals surface area contributed by atoms with E-state index in [9.17, 15) is 4.79 Å². The lowest BCUT2D eigenvalue weighted by Crippen LogP contribution is -2.42. The Morgan fingerprint density at radius 1 is 1.31 bits per heavy atom. The summed E-state index contributed by atoms with van der Waals surface area (Å²) in [5.41, 5.74) is 0. The van der Waals surface area contributed by atoms with Gasteiger partial charge in [-0.3, -0.25) is 4.79 Å². The molecule has 2 N–H and O–H groups in total. The Bertz CT molecular complexity index is 205. The zero-order chi connectivity index (χ0) is 12.7. The fourth-order valence-corrected chi connectivity index (χ4v) is 1.62. The summed E-state index contributed by atoms with van der Waals surface area (Å²) < 4.78 is 0. The number of hydrogen-bond donors (Lipinski definition) is 2. The summed E-state index contributed by atoms with van der Waals surface area (Å²) in [5, 5.41) is 12.3. The van der Waals surface area contributed by atoms with Crippen molar-refractivity contribution in [3.63, 3.8) is 0 Å². The molecule has 96 valence electrons. The summed E-state index contributed by atoms with van der Waals surface area (Å²) in [6.45, 7) is 6.43. The van der Waals surface area contributed by atoms with Crippen LogP contribution in [-0.2, 0) is 4.79 Å². The molecule has 0 aliphatic rings. The minimum absolute atomic E-state index is 0.131. The van der Waals surface area contributed by atoms with Crippen molar-refractivity contribution in [2.45, 2.75) is 45.7 Å². The van der Waals surface area contributed by atoms with Gasteiger partial charge in [0.05, 0.1) is 0 Å². The van der Waals surface area contributed by atoms with Crippen molar-refractivity contribution in [1.29, 1.82) is 0 Å². The number of carbonyl (C=O) groups excluding carboxylic acids is 1. The van der Waals surface area contributed by atoms with Gasteiger partial charge in [0.25, 0.3) is 0 Å². The maximum atomic E-state index is 11.5. The van der Waals surface area contributed by atoms with Crippen molar-refractivity contribution < 1.29 is 9.90 Å². The molecule has 0 aromatic heterocycles. The zero-order valence-corrected chi connectivity index (χ0v) is 11.2. The third-order valence-corrected chi connectivity index (χ3v) is 2.72. The molecule has 0 aliphatic heterocycles. The number of carbonyl (C=O) groups is 1. The third-order valence-electron chi connectivity index (χ3n) is 2.72. The van der Waals surface area contributed by atoms with E-state index in [1.807, 2.05) is 6.92 Å². The molecular weight excluding hydrogens is 204 g/mol. The normalized spacial score (nSPS) is 14.9. The predicted molar refractivity (Wildman–Crippen MR) is 66.2 cm³/mol. The van der Waals surface area contributed by atoms with E-state index in [1.54, 1.807) is 19.0 Å². The highest BCUT2D eigenvalue weighted by atomic mass is 16.3. The van der Waals surface area contributed by atoms with E-state index in [-0.39, 0.29) is 24.6 Å². The van der Waals surface area contributed by atoms with E-state index in [4.69, 9.17) is 5.11 Å². The largest absolute Gasteiger partial charge is 0.396 e. The third kappa shape index (κ3) is 6.08. The van der Waals surface area contributed by atoms with Crippen molar-refractivity contribution in [1.82, 2.24) is 10.2 Å². The highest BCUT2D eigenvalue weighted by molar-refractivity contribution is 5.76. The Balaban J connectivity index is 4.09. The molecule has 0 rings (SSSR count). The van der Waals surface area contributed by atoms with Gasteiger partial charge in [-0.25, -0.2) is 0 Å². The molecule has 0 radical (unpaired) electrons. The Hall–Kier alpha value is -0.610. The van der Waals surface area contributed by atoms with E-state index in [1.165, 1.54) is 0 Å². The quantitative estimate of drug-likeness (QED) is 0.682. The van der Waals surface area contributed by atoms with Crippen LogP contribution in [-0.4, -0.2) is 48.7 Å². The molecule has 0 heterocycles. The van der Waals surface area contributed by atoms with Gasteiger partial charge in [-0.1, -0.05) is 13.8 Å².